The highest BCUT2D eigenvalue weighted by molar-refractivity contribution is 6.58. The number of benzene rings is 3. The van der Waals surface area contributed by atoms with Crippen molar-refractivity contribution >= 4 is 24.0 Å². The molecule has 3 aromatic rings. The maximum Gasteiger partial charge on any atom is 0.488 e. The van der Waals surface area contributed by atoms with Crippen LogP contribution in [-0.2, 0) is 6.42 Å². The van der Waals surface area contributed by atoms with Crippen molar-refractivity contribution < 1.29 is 23.2 Å². The van der Waals surface area contributed by atoms with Crippen molar-refractivity contribution in [3.63, 3.8) is 0 Å². The Labute approximate surface area is 233 Å². The van der Waals surface area contributed by atoms with Crippen LogP contribution in [0, 0.1) is 11.6 Å². The molecule has 3 aliphatic rings. The molecule has 0 amide bonds. The lowest BCUT2D eigenvalue weighted by Gasteiger charge is -2.44. The van der Waals surface area contributed by atoms with Crippen LogP contribution < -0.4 is 15.7 Å². The SMILES string of the molecule is C[C@@H]1Cc2cc(B(O)O)ccc2[C@@H](c2c(F)cc(NC3CN(CCCF)C3)cc2F)N1c1ccc(C2CC2)cc1. The van der Waals surface area contributed by atoms with Gasteiger partial charge in [0.05, 0.1) is 24.3 Å². The highest BCUT2D eigenvalue weighted by Gasteiger charge is 2.38. The van der Waals surface area contributed by atoms with Gasteiger partial charge < -0.3 is 20.3 Å². The molecule has 3 N–H and O–H groups in total. The molecule has 2 heterocycles. The predicted molar refractivity (Wildman–Crippen MR) is 153 cm³/mol. The zero-order valence-electron chi connectivity index (χ0n) is 22.7. The fourth-order valence-corrected chi connectivity index (χ4v) is 6.38. The Morgan fingerprint density at radius 1 is 0.975 bits per heavy atom. The number of rotatable bonds is 9. The van der Waals surface area contributed by atoms with Crippen LogP contribution in [0.25, 0.3) is 0 Å². The average Bonchev–Trinajstić information content (AvgIpc) is 3.75. The fraction of sp³-hybridized carbons (Fsp3) is 0.419. The van der Waals surface area contributed by atoms with E-state index in [1.165, 1.54) is 30.5 Å². The van der Waals surface area contributed by atoms with Crippen LogP contribution in [0.4, 0.5) is 24.5 Å². The van der Waals surface area contributed by atoms with Gasteiger partial charge >= 0.3 is 7.12 Å². The maximum atomic E-state index is 16.0. The standard InChI is InChI=1S/C31H35BF3N3O2/c1-19-13-22-14-23(32(39)40)7-10-27(22)31(38(19)26-8-5-21(6-9-26)20-3-4-20)30-28(34)15-24(16-29(30)35)36-25-17-37(18-25)12-2-11-33/h5-10,14-16,19-20,25,31,36,39-40H,2-4,11-13,17-18H2,1H3/t19-,31+/m1/s1. The van der Waals surface area contributed by atoms with E-state index in [1.54, 1.807) is 18.2 Å². The van der Waals surface area contributed by atoms with E-state index in [4.69, 9.17) is 0 Å². The summed E-state index contributed by atoms with van der Waals surface area (Å²) in [5.74, 6) is -0.659. The topological polar surface area (TPSA) is 59.0 Å². The molecule has 0 aromatic heterocycles. The molecule has 40 heavy (non-hydrogen) atoms. The number of anilines is 2. The molecule has 2 aliphatic heterocycles. The molecule has 1 saturated heterocycles. The normalized spacial score (nSPS) is 21.2. The Morgan fingerprint density at radius 3 is 2.30 bits per heavy atom. The fourth-order valence-electron chi connectivity index (χ4n) is 6.38. The summed E-state index contributed by atoms with van der Waals surface area (Å²) in [6.07, 6.45) is 3.48. The van der Waals surface area contributed by atoms with Crippen molar-refractivity contribution in [1.82, 2.24) is 4.90 Å². The van der Waals surface area contributed by atoms with Crippen LogP contribution in [0.15, 0.2) is 54.6 Å². The van der Waals surface area contributed by atoms with Crippen LogP contribution in [0.1, 0.15) is 60.4 Å². The molecular formula is C31H35BF3N3O2. The van der Waals surface area contributed by atoms with Gasteiger partial charge in [0, 0.05) is 37.1 Å². The molecule has 3 aromatic carbocycles. The Bertz CT molecular complexity index is 1340. The molecule has 210 valence electrons. The Morgan fingerprint density at radius 2 is 1.68 bits per heavy atom. The van der Waals surface area contributed by atoms with E-state index in [-0.39, 0.29) is 24.3 Å². The second-order valence-electron chi connectivity index (χ2n) is 11.6. The first-order valence-electron chi connectivity index (χ1n) is 14.2. The second kappa shape index (κ2) is 11.1. The number of fused-ring (bicyclic) bond motifs is 1. The van der Waals surface area contributed by atoms with Crippen LogP contribution in [0.5, 0.6) is 0 Å². The largest absolute Gasteiger partial charge is 0.488 e. The second-order valence-corrected chi connectivity index (χ2v) is 11.6. The van der Waals surface area contributed by atoms with Gasteiger partial charge in [-0.2, -0.15) is 0 Å². The zero-order valence-corrected chi connectivity index (χ0v) is 22.7. The molecule has 0 spiro atoms. The summed E-state index contributed by atoms with van der Waals surface area (Å²) >= 11 is 0. The Balaban J connectivity index is 1.35. The van der Waals surface area contributed by atoms with E-state index in [0.717, 1.165) is 16.8 Å². The van der Waals surface area contributed by atoms with Crippen LogP contribution in [-0.4, -0.2) is 60.5 Å². The third kappa shape index (κ3) is 5.34. The summed E-state index contributed by atoms with van der Waals surface area (Å²) in [4.78, 5) is 4.19. The molecule has 9 heteroatoms. The van der Waals surface area contributed by atoms with E-state index in [0.29, 0.717) is 49.5 Å². The molecule has 2 fully saturated rings. The molecule has 1 saturated carbocycles. The minimum Gasteiger partial charge on any atom is -0.423 e. The summed E-state index contributed by atoms with van der Waals surface area (Å²) in [6, 6.07) is 15.4. The van der Waals surface area contributed by atoms with Gasteiger partial charge in [0.15, 0.2) is 0 Å². The summed E-state index contributed by atoms with van der Waals surface area (Å²) in [6.45, 7) is 3.79. The first-order valence-corrected chi connectivity index (χ1v) is 14.2. The zero-order chi connectivity index (χ0) is 28.0. The number of nitrogens with zero attached hydrogens (tertiary/aromatic N) is 2. The first-order chi connectivity index (χ1) is 19.3. The Kier molecular flexibility index (Phi) is 7.55. The minimum absolute atomic E-state index is 0.0277. The molecule has 5 nitrogen and oxygen atoms in total. The predicted octanol–water partition coefficient (Wildman–Crippen LogP) is 4.52. The van der Waals surface area contributed by atoms with Crippen molar-refractivity contribution in [3.8, 4) is 0 Å². The number of alkyl halides is 1. The van der Waals surface area contributed by atoms with Gasteiger partial charge in [0.2, 0.25) is 0 Å². The number of halogens is 3. The smallest absolute Gasteiger partial charge is 0.423 e. The van der Waals surface area contributed by atoms with Crippen molar-refractivity contribution in [2.75, 3.05) is 36.5 Å². The highest BCUT2D eigenvalue weighted by Crippen LogP contribution is 2.45. The lowest BCUT2D eigenvalue weighted by Crippen LogP contribution is -2.54. The van der Waals surface area contributed by atoms with Gasteiger partial charge in [-0.25, -0.2) is 8.78 Å². The number of likely N-dealkylation sites (tertiary alicyclic amines) is 1. The van der Waals surface area contributed by atoms with Gasteiger partial charge in [0.25, 0.3) is 0 Å². The van der Waals surface area contributed by atoms with Crippen LogP contribution in [0.2, 0.25) is 0 Å². The maximum absolute atomic E-state index is 16.0. The summed E-state index contributed by atoms with van der Waals surface area (Å²) < 4.78 is 44.4. The van der Waals surface area contributed by atoms with Crippen molar-refractivity contribution in [2.24, 2.45) is 0 Å². The molecule has 1 aliphatic carbocycles. The van der Waals surface area contributed by atoms with E-state index in [2.05, 4.69) is 27.2 Å². The van der Waals surface area contributed by atoms with E-state index in [1.807, 2.05) is 19.1 Å². The molecule has 0 radical (unpaired) electrons. The highest BCUT2D eigenvalue weighted by atomic mass is 19.1. The van der Waals surface area contributed by atoms with Gasteiger partial charge in [-0.1, -0.05) is 30.3 Å². The van der Waals surface area contributed by atoms with Crippen molar-refractivity contribution in [3.05, 3.63) is 88.5 Å². The number of hydrogen-bond donors (Lipinski definition) is 3. The summed E-state index contributed by atoms with van der Waals surface area (Å²) in [7, 11) is -1.62. The molecule has 0 unspecified atom stereocenters. The third-order valence-electron chi connectivity index (χ3n) is 8.56. The summed E-state index contributed by atoms with van der Waals surface area (Å²) in [5, 5.41) is 22.7. The molecular weight excluding hydrogens is 514 g/mol. The van der Waals surface area contributed by atoms with Gasteiger partial charge in [-0.05, 0) is 84.9 Å². The Hall–Kier alpha value is -3.01. The third-order valence-corrected chi connectivity index (χ3v) is 8.56. The van der Waals surface area contributed by atoms with Gasteiger partial charge in [-0.3, -0.25) is 9.29 Å². The van der Waals surface area contributed by atoms with Gasteiger partial charge in [-0.15, -0.1) is 0 Å². The van der Waals surface area contributed by atoms with Crippen molar-refractivity contribution in [2.45, 2.75) is 56.7 Å². The number of hydrogen-bond acceptors (Lipinski definition) is 5. The van der Waals surface area contributed by atoms with E-state index in [9.17, 15) is 14.4 Å². The average molecular weight is 549 g/mol. The lowest BCUT2D eigenvalue weighted by atomic mass is 9.75. The monoisotopic (exact) mass is 549 g/mol. The summed E-state index contributed by atoms with van der Waals surface area (Å²) in [5.41, 5.74) is 4.49. The molecule has 0 bridgehead atoms. The van der Waals surface area contributed by atoms with Crippen LogP contribution in [0.3, 0.4) is 0 Å². The quantitative estimate of drug-likeness (QED) is 0.343. The van der Waals surface area contributed by atoms with Crippen LogP contribution >= 0.6 is 0 Å². The minimum atomic E-state index is -1.62. The van der Waals surface area contributed by atoms with Gasteiger partial charge in [0.1, 0.15) is 11.6 Å². The van der Waals surface area contributed by atoms with E-state index >= 15 is 8.78 Å². The first kappa shape index (κ1) is 27.2. The molecule has 2 atom stereocenters. The number of nitrogens with one attached hydrogen (secondary N) is 1. The lowest BCUT2D eigenvalue weighted by molar-refractivity contribution is 0.155. The molecule has 6 rings (SSSR count). The van der Waals surface area contributed by atoms with E-state index < -0.39 is 24.8 Å². The van der Waals surface area contributed by atoms with Crippen molar-refractivity contribution in [1.29, 1.82) is 0 Å².